The second-order valence-electron chi connectivity index (χ2n) is 6.40. The van der Waals surface area contributed by atoms with E-state index in [9.17, 15) is 4.39 Å². The summed E-state index contributed by atoms with van der Waals surface area (Å²) < 4.78 is 13.0. The maximum atomic E-state index is 13.0. The molecule has 1 fully saturated rings. The molecule has 1 aliphatic heterocycles. The first-order valence-corrected chi connectivity index (χ1v) is 9.49. The average molecular weight is 401 g/mol. The van der Waals surface area contributed by atoms with Crippen molar-refractivity contribution in [3.63, 3.8) is 0 Å². The number of halogens is 2. The van der Waals surface area contributed by atoms with Gasteiger partial charge >= 0.3 is 0 Å². The summed E-state index contributed by atoms with van der Waals surface area (Å²) in [6, 6.07) is 14.1. The molecule has 0 amide bonds. The number of anilines is 2. The summed E-state index contributed by atoms with van der Waals surface area (Å²) in [4.78, 5) is 8.89. The van der Waals surface area contributed by atoms with Crippen LogP contribution in [0.2, 0.25) is 5.02 Å². The second-order valence-corrected chi connectivity index (χ2v) is 7.23. The summed E-state index contributed by atoms with van der Waals surface area (Å²) in [6.45, 7) is 3.33. The number of hydrogen-bond donors (Lipinski definition) is 1. The highest BCUT2D eigenvalue weighted by Crippen LogP contribution is 2.28. The van der Waals surface area contributed by atoms with E-state index in [-0.39, 0.29) is 5.82 Å². The Morgan fingerprint density at radius 2 is 1.78 bits per heavy atom. The van der Waals surface area contributed by atoms with Crippen molar-refractivity contribution in [2.45, 2.75) is 0 Å². The van der Waals surface area contributed by atoms with Crippen LogP contribution in [-0.2, 0) is 0 Å². The molecular formula is C20H18ClFN4S. The number of rotatable bonds is 2. The number of piperazine rings is 1. The van der Waals surface area contributed by atoms with Crippen LogP contribution < -0.4 is 10.2 Å². The van der Waals surface area contributed by atoms with Gasteiger partial charge in [-0.15, -0.1) is 0 Å². The monoisotopic (exact) mass is 400 g/mol. The lowest BCUT2D eigenvalue weighted by Crippen LogP contribution is -2.50. The van der Waals surface area contributed by atoms with Gasteiger partial charge in [0.25, 0.3) is 0 Å². The molecule has 1 N–H and O–H groups in total. The number of hydrogen-bond acceptors (Lipinski definition) is 3. The highest BCUT2D eigenvalue weighted by molar-refractivity contribution is 7.80. The van der Waals surface area contributed by atoms with Gasteiger partial charge in [0, 0.05) is 54.2 Å². The lowest BCUT2D eigenvalue weighted by Gasteiger charge is -2.37. The zero-order valence-corrected chi connectivity index (χ0v) is 16.1. The van der Waals surface area contributed by atoms with Crippen molar-refractivity contribution in [3.8, 4) is 0 Å². The van der Waals surface area contributed by atoms with Gasteiger partial charge in [0.15, 0.2) is 5.11 Å². The SMILES string of the molecule is Fc1ccc(NC(=S)N2CCN(c3ccnc4cc(Cl)ccc34)CC2)cc1. The molecule has 3 aromatic rings. The topological polar surface area (TPSA) is 31.4 Å². The van der Waals surface area contributed by atoms with Crippen molar-refractivity contribution in [3.05, 3.63) is 65.6 Å². The number of fused-ring (bicyclic) bond motifs is 1. The lowest BCUT2D eigenvalue weighted by molar-refractivity contribution is 0.391. The van der Waals surface area contributed by atoms with Crippen LogP contribution in [-0.4, -0.2) is 41.2 Å². The Hall–Kier alpha value is -2.44. The summed E-state index contributed by atoms with van der Waals surface area (Å²) in [7, 11) is 0. The van der Waals surface area contributed by atoms with Crippen LogP contribution in [0.5, 0.6) is 0 Å². The van der Waals surface area contributed by atoms with Crippen molar-refractivity contribution in [2.75, 3.05) is 36.4 Å². The standard InChI is InChI=1S/C20H18ClFN4S/c21-14-1-6-17-18(13-14)23-8-7-19(17)25-9-11-26(12-10-25)20(27)24-16-4-2-15(22)3-5-16/h1-8,13H,9-12H2,(H,24,27). The Bertz CT molecular complexity index is 971. The van der Waals surface area contributed by atoms with Crippen molar-refractivity contribution < 1.29 is 4.39 Å². The summed E-state index contributed by atoms with van der Waals surface area (Å²) in [6.07, 6.45) is 1.82. The van der Waals surface area contributed by atoms with Crippen LogP contribution in [0, 0.1) is 5.82 Å². The molecule has 1 aromatic heterocycles. The smallest absolute Gasteiger partial charge is 0.173 e. The molecule has 7 heteroatoms. The van der Waals surface area contributed by atoms with E-state index in [4.69, 9.17) is 23.8 Å². The zero-order chi connectivity index (χ0) is 18.8. The van der Waals surface area contributed by atoms with Gasteiger partial charge in [-0.05, 0) is 60.7 Å². The fourth-order valence-electron chi connectivity index (χ4n) is 3.27. The number of benzene rings is 2. The summed E-state index contributed by atoms with van der Waals surface area (Å²) in [5, 5.41) is 5.63. The van der Waals surface area contributed by atoms with Crippen molar-refractivity contribution in [1.82, 2.24) is 9.88 Å². The van der Waals surface area contributed by atoms with E-state index in [0.717, 1.165) is 48.5 Å². The number of aromatic nitrogens is 1. The first-order chi connectivity index (χ1) is 13.1. The molecule has 0 aliphatic carbocycles. The van der Waals surface area contributed by atoms with E-state index in [1.807, 2.05) is 30.5 Å². The molecular weight excluding hydrogens is 383 g/mol. The summed E-state index contributed by atoms with van der Waals surface area (Å²) >= 11 is 11.6. The quantitative estimate of drug-likeness (QED) is 0.638. The van der Waals surface area contributed by atoms with Gasteiger partial charge in [-0.25, -0.2) is 4.39 Å². The summed E-state index contributed by atoms with van der Waals surface area (Å²) in [5.41, 5.74) is 2.85. The Balaban J connectivity index is 1.43. The van der Waals surface area contributed by atoms with Crippen LogP contribution in [0.1, 0.15) is 0 Å². The van der Waals surface area contributed by atoms with Crippen molar-refractivity contribution in [2.24, 2.45) is 0 Å². The van der Waals surface area contributed by atoms with E-state index in [0.29, 0.717) is 10.1 Å². The minimum Gasteiger partial charge on any atom is -0.367 e. The third-order valence-corrected chi connectivity index (χ3v) is 5.28. The maximum Gasteiger partial charge on any atom is 0.173 e. The highest BCUT2D eigenvalue weighted by atomic mass is 35.5. The Morgan fingerprint density at radius 1 is 1.04 bits per heavy atom. The Morgan fingerprint density at radius 3 is 2.52 bits per heavy atom. The lowest BCUT2D eigenvalue weighted by atomic mass is 10.1. The third kappa shape index (κ3) is 3.96. The first kappa shape index (κ1) is 17.9. The van der Waals surface area contributed by atoms with E-state index < -0.39 is 0 Å². The van der Waals surface area contributed by atoms with E-state index in [1.54, 1.807) is 12.1 Å². The molecule has 138 valence electrons. The van der Waals surface area contributed by atoms with E-state index in [1.165, 1.54) is 12.1 Å². The molecule has 2 aromatic carbocycles. The minimum atomic E-state index is -0.258. The van der Waals surface area contributed by atoms with Crippen LogP contribution in [0.15, 0.2) is 54.7 Å². The minimum absolute atomic E-state index is 0.258. The molecule has 27 heavy (non-hydrogen) atoms. The number of thiocarbonyl (C=S) groups is 1. The van der Waals surface area contributed by atoms with Crippen LogP contribution in [0.4, 0.5) is 15.8 Å². The maximum absolute atomic E-state index is 13.0. The molecule has 4 nitrogen and oxygen atoms in total. The van der Waals surface area contributed by atoms with Gasteiger partial charge in [-0.1, -0.05) is 11.6 Å². The molecule has 4 rings (SSSR count). The van der Waals surface area contributed by atoms with Crippen molar-refractivity contribution >= 4 is 51.2 Å². The number of pyridine rings is 1. The third-order valence-electron chi connectivity index (χ3n) is 4.68. The Kier molecular flexibility index (Phi) is 5.09. The number of nitrogens with zero attached hydrogens (tertiary/aromatic N) is 3. The van der Waals surface area contributed by atoms with Gasteiger partial charge in [0.1, 0.15) is 5.82 Å². The first-order valence-electron chi connectivity index (χ1n) is 8.71. The van der Waals surface area contributed by atoms with Crippen LogP contribution in [0.3, 0.4) is 0 Å². The van der Waals surface area contributed by atoms with E-state index in [2.05, 4.69) is 20.1 Å². The van der Waals surface area contributed by atoms with Gasteiger partial charge in [0.05, 0.1) is 5.52 Å². The molecule has 1 aliphatic rings. The Labute approximate surface area is 167 Å². The fourth-order valence-corrected chi connectivity index (χ4v) is 3.73. The number of nitrogens with one attached hydrogen (secondary N) is 1. The molecule has 2 heterocycles. The predicted octanol–water partition coefficient (Wildman–Crippen LogP) is 4.55. The van der Waals surface area contributed by atoms with Gasteiger partial charge < -0.3 is 15.1 Å². The fraction of sp³-hybridized carbons (Fsp3) is 0.200. The largest absolute Gasteiger partial charge is 0.367 e. The molecule has 0 atom stereocenters. The van der Waals surface area contributed by atoms with Crippen molar-refractivity contribution in [1.29, 1.82) is 0 Å². The zero-order valence-electron chi connectivity index (χ0n) is 14.5. The molecule has 0 radical (unpaired) electrons. The predicted molar refractivity (Wildman–Crippen MR) is 113 cm³/mol. The van der Waals surface area contributed by atoms with Gasteiger partial charge in [0.2, 0.25) is 0 Å². The molecule has 0 saturated carbocycles. The molecule has 1 saturated heterocycles. The van der Waals surface area contributed by atoms with Gasteiger partial charge in [-0.3, -0.25) is 4.98 Å². The molecule has 0 unspecified atom stereocenters. The van der Waals surface area contributed by atoms with Gasteiger partial charge in [-0.2, -0.15) is 0 Å². The molecule has 0 spiro atoms. The molecule has 0 bridgehead atoms. The highest BCUT2D eigenvalue weighted by Gasteiger charge is 2.20. The van der Waals surface area contributed by atoms with E-state index >= 15 is 0 Å². The summed E-state index contributed by atoms with van der Waals surface area (Å²) in [5.74, 6) is -0.258. The average Bonchev–Trinajstić information content (AvgIpc) is 2.69. The second kappa shape index (κ2) is 7.66. The van der Waals surface area contributed by atoms with Crippen LogP contribution >= 0.6 is 23.8 Å². The normalized spacial score (nSPS) is 14.4. The van der Waals surface area contributed by atoms with Crippen LogP contribution in [0.25, 0.3) is 10.9 Å².